The molecule has 35 heavy (non-hydrogen) atoms. The lowest BCUT2D eigenvalue weighted by atomic mass is 10.0. The Morgan fingerprint density at radius 2 is 1.80 bits per heavy atom. The van der Waals surface area contributed by atoms with Gasteiger partial charge in [-0.25, -0.2) is 9.37 Å². The van der Waals surface area contributed by atoms with Crippen molar-refractivity contribution in [2.75, 3.05) is 30.5 Å². The number of hydrogen-bond donors (Lipinski definition) is 2. The Labute approximate surface area is 207 Å². The van der Waals surface area contributed by atoms with Crippen LogP contribution >= 0.6 is 11.3 Å². The summed E-state index contributed by atoms with van der Waals surface area (Å²) in [6, 6.07) is 11.5. The summed E-state index contributed by atoms with van der Waals surface area (Å²) in [5.74, 6) is -1.70. The molecule has 1 atom stereocenters. The first-order valence-corrected chi connectivity index (χ1v) is 11.9. The van der Waals surface area contributed by atoms with E-state index in [-0.39, 0.29) is 31.9 Å². The molecule has 1 heterocycles. The van der Waals surface area contributed by atoms with Crippen LogP contribution in [0.5, 0.6) is 0 Å². The number of anilines is 2. The summed E-state index contributed by atoms with van der Waals surface area (Å²) in [5.41, 5.74) is 1.89. The van der Waals surface area contributed by atoms with Crippen molar-refractivity contribution in [3.63, 3.8) is 0 Å². The fourth-order valence-corrected chi connectivity index (χ4v) is 3.93. The number of halogens is 1. The van der Waals surface area contributed by atoms with Gasteiger partial charge in [0.1, 0.15) is 11.9 Å². The van der Waals surface area contributed by atoms with Gasteiger partial charge in [-0.1, -0.05) is 29.8 Å². The van der Waals surface area contributed by atoms with Crippen LogP contribution in [0.1, 0.15) is 30.0 Å². The van der Waals surface area contributed by atoms with Crippen LogP contribution in [0.2, 0.25) is 0 Å². The van der Waals surface area contributed by atoms with Crippen molar-refractivity contribution in [1.82, 2.24) is 10.3 Å². The maximum atomic E-state index is 13.6. The molecule has 0 aliphatic carbocycles. The largest absolute Gasteiger partial charge is 0.383 e. The summed E-state index contributed by atoms with van der Waals surface area (Å²) in [6.07, 6.45) is 1.33. The highest BCUT2D eigenvalue weighted by molar-refractivity contribution is 7.13. The number of ether oxygens (including phenoxy) is 1. The summed E-state index contributed by atoms with van der Waals surface area (Å²) in [4.78, 5) is 44.5. The molecule has 3 rings (SSSR count). The molecule has 184 valence electrons. The highest BCUT2D eigenvalue weighted by atomic mass is 32.1. The molecule has 3 aromatic rings. The second kappa shape index (κ2) is 12.7. The molecule has 2 aromatic carbocycles. The Morgan fingerprint density at radius 1 is 1.09 bits per heavy atom. The number of nitrogens with one attached hydrogen (secondary N) is 2. The van der Waals surface area contributed by atoms with E-state index in [1.807, 2.05) is 19.1 Å². The lowest BCUT2D eigenvalue weighted by Gasteiger charge is -2.31. The molecule has 0 aliphatic rings. The van der Waals surface area contributed by atoms with Crippen LogP contribution in [-0.4, -0.2) is 43.0 Å². The first kappa shape index (κ1) is 26.0. The maximum absolute atomic E-state index is 13.6. The predicted octanol–water partition coefficient (Wildman–Crippen LogP) is 3.85. The van der Waals surface area contributed by atoms with Gasteiger partial charge in [0, 0.05) is 43.8 Å². The normalized spacial score (nSPS) is 11.5. The number of nitrogens with zero attached hydrogens (tertiary/aromatic N) is 2. The number of benzene rings is 2. The van der Waals surface area contributed by atoms with E-state index in [0.717, 1.165) is 5.56 Å². The van der Waals surface area contributed by atoms with Crippen molar-refractivity contribution in [3.8, 4) is 0 Å². The number of rotatable bonds is 11. The molecular formula is C25H27FN4O4S. The van der Waals surface area contributed by atoms with E-state index < -0.39 is 23.7 Å². The number of aryl methyl sites for hydroxylation is 1. The van der Waals surface area contributed by atoms with E-state index in [2.05, 4.69) is 15.6 Å². The molecule has 0 bridgehead atoms. The Bertz CT molecular complexity index is 1120. The minimum absolute atomic E-state index is 0.0950. The Morgan fingerprint density at radius 3 is 2.43 bits per heavy atom. The van der Waals surface area contributed by atoms with Crippen molar-refractivity contribution in [3.05, 3.63) is 77.1 Å². The van der Waals surface area contributed by atoms with Crippen LogP contribution in [0.15, 0.2) is 60.1 Å². The molecule has 0 aliphatic heterocycles. The van der Waals surface area contributed by atoms with E-state index in [4.69, 9.17) is 4.74 Å². The summed E-state index contributed by atoms with van der Waals surface area (Å²) in [6.45, 7) is 2.43. The van der Waals surface area contributed by atoms with Crippen molar-refractivity contribution in [1.29, 1.82) is 0 Å². The third-order valence-electron chi connectivity index (χ3n) is 5.12. The number of thiazole rings is 1. The zero-order valence-electron chi connectivity index (χ0n) is 19.5. The lowest BCUT2D eigenvalue weighted by molar-refractivity contribution is -0.127. The van der Waals surface area contributed by atoms with Crippen molar-refractivity contribution in [2.24, 2.45) is 0 Å². The number of methoxy groups -OCH3 is 1. The maximum Gasteiger partial charge on any atom is 0.247 e. The minimum Gasteiger partial charge on any atom is -0.383 e. The number of hydrogen-bond acceptors (Lipinski definition) is 6. The molecule has 3 amide bonds. The van der Waals surface area contributed by atoms with Gasteiger partial charge in [0.15, 0.2) is 5.13 Å². The lowest BCUT2D eigenvalue weighted by Crippen LogP contribution is -2.45. The van der Waals surface area contributed by atoms with Gasteiger partial charge in [-0.3, -0.25) is 19.3 Å². The van der Waals surface area contributed by atoms with Crippen molar-refractivity contribution >= 4 is 39.9 Å². The van der Waals surface area contributed by atoms with E-state index in [1.165, 1.54) is 47.6 Å². The molecule has 8 nitrogen and oxygen atoms in total. The second-order valence-electron chi connectivity index (χ2n) is 7.72. The van der Waals surface area contributed by atoms with Gasteiger partial charge in [-0.15, -0.1) is 11.3 Å². The quantitative estimate of drug-likeness (QED) is 0.391. The molecule has 10 heteroatoms. The van der Waals surface area contributed by atoms with Crippen LogP contribution in [0.25, 0.3) is 0 Å². The molecule has 0 radical (unpaired) electrons. The number of amides is 3. The molecule has 0 fully saturated rings. The summed E-state index contributed by atoms with van der Waals surface area (Å²) >= 11 is 1.27. The van der Waals surface area contributed by atoms with Crippen LogP contribution in [0, 0.1) is 12.7 Å². The fourth-order valence-electron chi connectivity index (χ4n) is 3.39. The van der Waals surface area contributed by atoms with Crippen LogP contribution in [0.3, 0.4) is 0 Å². The third kappa shape index (κ3) is 7.43. The molecule has 2 N–H and O–H groups in total. The number of carbonyl (C=O) groups is 3. The molecule has 0 saturated carbocycles. The average molecular weight is 499 g/mol. The van der Waals surface area contributed by atoms with Crippen molar-refractivity contribution < 1.29 is 23.5 Å². The van der Waals surface area contributed by atoms with Gasteiger partial charge < -0.3 is 15.4 Å². The molecule has 0 spiro atoms. The van der Waals surface area contributed by atoms with Gasteiger partial charge in [-0.2, -0.15) is 0 Å². The summed E-state index contributed by atoms with van der Waals surface area (Å²) < 4.78 is 18.7. The first-order valence-electron chi connectivity index (χ1n) is 11.0. The molecule has 0 saturated heterocycles. The molecule has 0 unspecified atom stereocenters. The fraction of sp³-hybridized carbons (Fsp3) is 0.280. The van der Waals surface area contributed by atoms with Crippen LogP contribution in [-0.2, 0) is 19.1 Å². The predicted molar refractivity (Wildman–Crippen MR) is 133 cm³/mol. The van der Waals surface area contributed by atoms with E-state index >= 15 is 0 Å². The SMILES string of the molecule is COCCNC(=O)[C@H](c1ccc(F)cc1)N(C(=O)CCC(=O)Nc1nccs1)c1ccc(C)cc1. The van der Waals surface area contributed by atoms with Crippen molar-refractivity contribution in [2.45, 2.75) is 25.8 Å². The van der Waals surface area contributed by atoms with Crippen LogP contribution in [0.4, 0.5) is 15.2 Å². The Hall–Kier alpha value is -3.63. The van der Waals surface area contributed by atoms with Gasteiger partial charge in [0.05, 0.1) is 6.61 Å². The second-order valence-corrected chi connectivity index (χ2v) is 8.62. The number of aromatic nitrogens is 1. The topological polar surface area (TPSA) is 101 Å². The summed E-state index contributed by atoms with van der Waals surface area (Å²) in [7, 11) is 1.52. The highest BCUT2D eigenvalue weighted by Gasteiger charge is 2.32. The Kier molecular flexibility index (Phi) is 9.45. The van der Waals surface area contributed by atoms with E-state index in [0.29, 0.717) is 16.4 Å². The zero-order chi connectivity index (χ0) is 25.2. The van der Waals surface area contributed by atoms with Gasteiger partial charge in [-0.05, 0) is 36.8 Å². The zero-order valence-corrected chi connectivity index (χ0v) is 20.3. The number of carbonyl (C=O) groups excluding carboxylic acids is 3. The molecular weight excluding hydrogens is 471 g/mol. The molecule has 1 aromatic heterocycles. The third-order valence-corrected chi connectivity index (χ3v) is 5.81. The van der Waals surface area contributed by atoms with E-state index in [9.17, 15) is 18.8 Å². The first-order chi connectivity index (χ1) is 16.9. The highest BCUT2D eigenvalue weighted by Crippen LogP contribution is 2.29. The summed E-state index contributed by atoms with van der Waals surface area (Å²) in [5, 5.41) is 7.60. The standard InChI is InChI=1S/C25H27FN4O4S/c1-17-3-9-20(10-4-17)30(22(32)12-11-21(31)29-25-28-14-16-35-25)23(24(33)27-13-15-34-2)18-5-7-19(26)8-6-18/h3-10,14,16,23H,11-13,15H2,1-2H3,(H,27,33)(H,28,29,31)/t23-/m0/s1. The minimum atomic E-state index is -1.08. The van der Waals surface area contributed by atoms with E-state index in [1.54, 1.807) is 23.7 Å². The monoisotopic (exact) mass is 498 g/mol. The average Bonchev–Trinajstić information content (AvgIpc) is 3.35. The van der Waals surface area contributed by atoms with Crippen LogP contribution < -0.4 is 15.5 Å². The smallest absolute Gasteiger partial charge is 0.247 e. The van der Waals surface area contributed by atoms with Gasteiger partial charge in [0.25, 0.3) is 0 Å². The van der Waals surface area contributed by atoms with Gasteiger partial charge in [0.2, 0.25) is 17.7 Å². The Balaban J connectivity index is 1.90. The van der Waals surface area contributed by atoms with Gasteiger partial charge >= 0.3 is 0 Å².